The van der Waals surface area contributed by atoms with Crippen LogP contribution in [-0.4, -0.2) is 78.5 Å². The molecule has 0 fully saturated rings. The van der Waals surface area contributed by atoms with Crippen LogP contribution in [0.15, 0.2) is 24.3 Å². The molecule has 0 heterocycles. The fraction of sp³-hybridized carbons (Fsp3) is 0.500. The molecule has 2 unspecified atom stereocenters. The van der Waals surface area contributed by atoms with Gasteiger partial charge in [-0.2, -0.15) is 0 Å². The zero-order valence-electron chi connectivity index (χ0n) is 16.9. The van der Waals surface area contributed by atoms with Crippen LogP contribution in [0.4, 0.5) is 0 Å². The van der Waals surface area contributed by atoms with Crippen molar-refractivity contribution in [3.63, 3.8) is 0 Å². The normalized spacial score (nSPS) is 14.5. The van der Waals surface area contributed by atoms with E-state index < -0.39 is 48.6 Å². The summed E-state index contributed by atoms with van der Waals surface area (Å²) in [5, 5.41) is 18.3. The molecule has 0 aliphatic heterocycles. The third-order valence-corrected chi connectivity index (χ3v) is 4.13. The summed E-state index contributed by atoms with van der Waals surface area (Å²) in [5.41, 5.74) is 6.60. The molecule has 29 heavy (non-hydrogen) atoms. The van der Waals surface area contributed by atoms with Crippen LogP contribution < -0.4 is 5.73 Å². The highest BCUT2D eigenvalue weighted by molar-refractivity contribution is 5.95. The number of carboxylic acids is 1. The van der Waals surface area contributed by atoms with E-state index in [1.165, 1.54) is 12.1 Å². The van der Waals surface area contributed by atoms with Crippen LogP contribution in [0.3, 0.4) is 0 Å². The SMILES string of the molecule is C[N+](C)(C)CC(CC(=O)O)OC(=O)C(C=O)CC(=O)[C@@H](N)Cc1ccc(O)cc1. The quantitative estimate of drug-likeness (QED) is 0.191. The average Bonchev–Trinajstić information content (AvgIpc) is 2.59. The minimum absolute atomic E-state index is 0.0854. The minimum atomic E-state index is -1.35. The van der Waals surface area contributed by atoms with Gasteiger partial charge < -0.3 is 30.0 Å². The average molecular weight is 409 g/mol. The molecule has 4 N–H and O–H groups in total. The number of rotatable bonds is 12. The number of aldehydes is 1. The molecule has 0 saturated carbocycles. The number of ether oxygens (including phenoxy) is 1. The Labute approximate surface area is 169 Å². The molecule has 1 aromatic rings. The number of benzene rings is 1. The Morgan fingerprint density at radius 2 is 1.72 bits per heavy atom. The van der Waals surface area contributed by atoms with Gasteiger partial charge >= 0.3 is 11.9 Å². The van der Waals surface area contributed by atoms with Crippen LogP contribution >= 0.6 is 0 Å². The smallest absolute Gasteiger partial charge is 0.317 e. The number of aromatic hydroxyl groups is 1. The van der Waals surface area contributed by atoms with Gasteiger partial charge in [0.15, 0.2) is 11.9 Å². The Hall–Kier alpha value is -2.78. The van der Waals surface area contributed by atoms with Gasteiger partial charge in [0.1, 0.15) is 24.5 Å². The molecule has 1 aromatic carbocycles. The molecule has 0 saturated heterocycles. The largest absolute Gasteiger partial charge is 0.508 e. The Bertz CT molecular complexity index is 725. The van der Waals surface area contributed by atoms with Crippen molar-refractivity contribution in [2.45, 2.75) is 31.4 Å². The number of phenols is 1. The molecule has 0 aromatic heterocycles. The van der Waals surface area contributed by atoms with Crippen molar-refractivity contribution in [1.29, 1.82) is 0 Å². The lowest BCUT2D eigenvalue weighted by atomic mass is 9.96. The molecule has 0 radical (unpaired) electrons. The molecule has 0 aliphatic rings. The van der Waals surface area contributed by atoms with Gasteiger partial charge in [-0.1, -0.05) is 12.1 Å². The van der Waals surface area contributed by atoms with E-state index in [0.717, 1.165) is 5.56 Å². The number of carbonyl (C=O) groups excluding carboxylic acids is 3. The molecule has 0 aliphatic carbocycles. The van der Waals surface area contributed by atoms with E-state index in [-0.39, 0.29) is 18.7 Å². The summed E-state index contributed by atoms with van der Waals surface area (Å²) in [6, 6.07) is 5.24. The van der Waals surface area contributed by atoms with Crippen LogP contribution in [0.2, 0.25) is 0 Å². The maximum absolute atomic E-state index is 12.3. The molecule has 0 spiro atoms. The molecule has 9 nitrogen and oxygen atoms in total. The van der Waals surface area contributed by atoms with Gasteiger partial charge in [0.25, 0.3) is 0 Å². The number of carboxylic acid groups (broad SMARTS) is 1. The molecule has 3 atom stereocenters. The number of likely N-dealkylation sites (N-methyl/N-ethyl adjacent to an activating group) is 1. The first-order valence-electron chi connectivity index (χ1n) is 9.15. The number of Topliss-reactive ketones (excluding diaryl/α,β-unsaturated/α-hetero) is 1. The Morgan fingerprint density at radius 1 is 1.14 bits per heavy atom. The zero-order chi connectivity index (χ0) is 22.2. The van der Waals surface area contributed by atoms with Gasteiger partial charge in [0, 0.05) is 6.42 Å². The fourth-order valence-corrected chi connectivity index (χ4v) is 2.76. The molecular formula is C20H29N2O7+. The number of phenolic OH excluding ortho intramolecular Hbond substituents is 1. The maximum Gasteiger partial charge on any atom is 0.317 e. The highest BCUT2D eigenvalue weighted by Gasteiger charge is 2.31. The van der Waals surface area contributed by atoms with Crippen LogP contribution in [0, 0.1) is 5.92 Å². The van der Waals surface area contributed by atoms with E-state index in [2.05, 4.69) is 0 Å². The zero-order valence-corrected chi connectivity index (χ0v) is 16.9. The summed E-state index contributed by atoms with van der Waals surface area (Å²) in [6.45, 7) is 0.234. The number of nitrogens with zero attached hydrogens (tertiary/aromatic N) is 1. The van der Waals surface area contributed by atoms with Gasteiger partial charge in [-0.15, -0.1) is 0 Å². The van der Waals surface area contributed by atoms with Crippen molar-refractivity contribution in [1.82, 2.24) is 0 Å². The van der Waals surface area contributed by atoms with Crippen LogP contribution in [0.5, 0.6) is 5.75 Å². The molecule has 160 valence electrons. The second-order valence-corrected chi connectivity index (χ2v) is 8.02. The first-order valence-corrected chi connectivity index (χ1v) is 9.15. The third-order valence-electron chi connectivity index (χ3n) is 4.13. The number of hydrogen-bond donors (Lipinski definition) is 3. The maximum atomic E-state index is 12.3. The predicted molar refractivity (Wildman–Crippen MR) is 104 cm³/mol. The molecule has 9 heteroatoms. The third kappa shape index (κ3) is 9.31. The lowest BCUT2D eigenvalue weighted by molar-refractivity contribution is -0.873. The van der Waals surface area contributed by atoms with Crippen LogP contribution in [-0.2, 0) is 30.3 Å². The van der Waals surface area contributed by atoms with Crippen LogP contribution in [0.1, 0.15) is 18.4 Å². The van der Waals surface area contributed by atoms with Crippen molar-refractivity contribution in [2.24, 2.45) is 11.7 Å². The monoisotopic (exact) mass is 409 g/mol. The van der Waals surface area contributed by atoms with Gasteiger partial charge in [0.05, 0.1) is 33.6 Å². The van der Waals surface area contributed by atoms with E-state index in [9.17, 15) is 24.3 Å². The van der Waals surface area contributed by atoms with Gasteiger partial charge in [-0.05, 0) is 24.1 Å². The Kier molecular flexibility index (Phi) is 8.93. The van der Waals surface area contributed by atoms with E-state index in [1.54, 1.807) is 12.1 Å². The minimum Gasteiger partial charge on any atom is -0.508 e. The van der Waals surface area contributed by atoms with E-state index in [0.29, 0.717) is 10.8 Å². The van der Waals surface area contributed by atoms with Crippen molar-refractivity contribution in [3.05, 3.63) is 29.8 Å². The van der Waals surface area contributed by atoms with E-state index in [4.69, 9.17) is 15.6 Å². The Morgan fingerprint density at radius 3 is 2.21 bits per heavy atom. The molecule has 0 amide bonds. The van der Waals surface area contributed by atoms with Gasteiger partial charge in [0.2, 0.25) is 0 Å². The topological polar surface area (TPSA) is 144 Å². The number of nitrogens with two attached hydrogens (primary N) is 1. The van der Waals surface area contributed by atoms with E-state index in [1.807, 2.05) is 21.1 Å². The fourth-order valence-electron chi connectivity index (χ4n) is 2.76. The van der Waals surface area contributed by atoms with Crippen molar-refractivity contribution < 1.29 is 38.6 Å². The molecule has 0 bridgehead atoms. The highest BCUT2D eigenvalue weighted by atomic mass is 16.5. The van der Waals surface area contributed by atoms with Gasteiger partial charge in [-0.25, -0.2) is 0 Å². The second kappa shape index (κ2) is 10.7. The standard InChI is InChI=1S/C20H28N2O7/c1-22(2,3)11-16(10-19(26)27)29-20(28)14(12-23)9-18(25)17(21)8-13-4-6-15(24)7-5-13/h4-7,12,14,16-17H,8-11,21H2,1-3H3,(H-,24,26,27)/p+1/t14?,16?,17-/m0/s1. The lowest BCUT2D eigenvalue weighted by Crippen LogP contribution is -2.44. The van der Waals surface area contributed by atoms with Crippen molar-refractivity contribution in [2.75, 3.05) is 27.7 Å². The summed E-state index contributed by atoms with van der Waals surface area (Å²) in [4.78, 5) is 47.0. The van der Waals surface area contributed by atoms with Gasteiger partial charge in [-0.3, -0.25) is 14.4 Å². The number of hydrogen-bond acceptors (Lipinski definition) is 7. The van der Waals surface area contributed by atoms with E-state index >= 15 is 0 Å². The first-order chi connectivity index (χ1) is 13.4. The number of aliphatic carboxylic acids is 1. The number of esters is 1. The van der Waals surface area contributed by atoms with Crippen molar-refractivity contribution in [3.8, 4) is 5.75 Å². The Balaban J connectivity index is 2.72. The second-order valence-electron chi connectivity index (χ2n) is 8.02. The van der Waals surface area contributed by atoms with Crippen LogP contribution in [0.25, 0.3) is 0 Å². The predicted octanol–water partition coefficient (Wildman–Crippen LogP) is 0.129. The number of quaternary nitrogens is 1. The first kappa shape index (κ1) is 24.3. The van der Waals surface area contributed by atoms with Crippen molar-refractivity contribution >= 4 is 24.0 Å². The number of ketones is 1. The lowest BCUT2D eigenvalue weighted by Gasteiger charge is -2.28. The number of carbonyl (C=O) groups is 4. The highest BCUT2D eigenvalue weighted by Crippen LogP contribution is 2.14. The molecule has 1 rings (SSSR count). The summed E-state index contributed by atoms with van der Waals surface area (Å²) in [7, 11) is 5.43. The summed E-state index contributed by atoms with van der Waals surface area (Å²) >= 11 is 0. The summed E-state index contributed by atoms with van der Waals surface area (Å²) in [5.74, 6) is -3.83. The molecular weight excluding hydrogens is 380 g/mol. The summed E-state index contributed by atoms with van der Waals surface area (Å²) in [6.07, 6.45) is -1.25. The summed E-state index contributed by atoms with van der Waals surface area (Å²) < 4.78 is 5.57.